The van der Waals surface area contributed by atoms with E-state index in [9.17, 15) is 4.79 Å². The van der Waals surface area contributed by atoms with Gasteiger partial charge >= 0.3 is 0 Å². The summed E-state index contributed by atoms with van der Waals surface area (Å²) in [6, 6.07) is 17.6. The van der Waals surface area contributed by atoms with Crippen molar-refractivity contribution in [2.24, 2.45) is 0 Å². The second-order valence-corrected chi connectivity index (χ2v) is 6.97. The van der Waals surface area contributed by atoms with Gasteiger partial charge < -0.3 is 4.90 Å². The summed E-state index contributed by atoms with van der Waals surface area (Å²) in [6.07, 6.45) is 2.02. The Balaban J connectivity index is 1.85. The Morgan fingerprint density at radius 3 is 2.54 bits per heavy atom. The minimum Gasteiger partial charge on any atom is -0.326 e. The van der Waals surface area contributed by atoms with E-state index in [0.717, 1.165) is 41.8 Å². The lowest BCUT2D eigenvalue weighted by Crippen LogP contribution is -2.30. The molecule has 132 valence electrons. The van der Waals surface area contributed by atoms with Gasteiger partial charge in [-0.3, -0.25) is 9.89 Å². The van der Waals surface area contributed by atoms with Crippen molar-refractivity contribution in [2.75, 3.05) is 6.54 Å². The summed E-state index contributed by atoms with van der Waals surface area (Å²) in [4.78, 5) is 15.0. The number of nitrogens with zero attached hydrogens (tertiary/aromatic N) is 2. The Morgan fingerprint density at radius 2 is 1.85 bits per heavy atom. The van der Waals surface area contributed by atoms with E-state index in [1.54, 1.807) is 0 Å². The van der Waals surface area contributed by atoms with Gasteiger partial charge in [-0.2, -0.15) is 5.10 Å². The van der Waals surface area contributed by atoms with Crippen LogP contribution in [0.25, 0.3) is 11.3 Å². The molecule has 0 radical (unpaired) electrons. The standard InChI is InChI=1S/C21H20ClN3O/c1-2-3-13-25-20(15-7-5-4-6-8-15)17-18(23-24-19(17)21(25)26)14-9-11-16(22)12-10-14/h4-12,20H,2-3,13H2,1H3,(H,23,24). The third-order valence-electron chi connectivity index (χ3n) is 4.85. The van der Waals surface area contributed by atoms with Crippen molar-refractivity contribution in [3.8, 4) is 11.3 Å². The number of aromatic nitrogens is 2. The minimum absolute atomic E-state index is 0.0232. The molecule has 0 saturated carbocycles. The van der Waals surface area contributed by atoms with Gasteiger partial charge in [-0.1, -0.05) is 67.4 Å². The second-order valence-electron chi connectivity index (χ2n) is 6.53. The van der Waals surface area contributed by atoms with Gasteiger partial charge in [0.25, 0.3) is 5.91 Å². The molecule has 1 unspecified atom stereocenters. The summed E-state index contributed by atoms with van der Waals surface area (Å²) in [5.41, 5.74) is 4.43. The highest BCUT2D eigenvalue weighted by Crippen LogP contribution is 2.42. The van der Waals surface area contributed by atoms with Gasteiger partial charge in [-0.25, -0.2) is 0 Å². The zero-order chi connectivity index (χ0) is 18.1. The molecule has 26 heavy (non-hydrogen) atoms. The summed E-state index contributed by atoms with van der Waals surface area (Å²) >= 11 is 6.03. The molecule has 4 rings (SSSR count). The first-order valence-electron chi connectivity index (χ1n) is 8.90. The van der Waals surface area contributed by atoms with E-state index in [0.29, 0.717) is 10.7 Å². The largest absolute Gasteiger partial charge is 0.326 e. The molecule has 1 amide bonds. The topological polar surface area (TPSA) is 49.0 Å². The van der Waals surface area contributed by atoms with Crippen molar-refractivity contribution < 1.29 is 4.79 Å². The van der Waals surface area contributed by atoms with Crippen molar-refractivity contribution in [3.63, 3.8) is 0 Å². The average Bonchev–Trinajstić information content (AvgIpc) is 3.21. The van der Waals surface area contributed by atoms with Crippen LogP contribution in [0.3, 0.4) is 0 Å². The van der Waals surface area contributed by atoms with Crippen LogP contribution in [-0.2, 0) is 0 Å². The predicted molar refractivity (Wildman–Crippen MR) is 103 cm³/mol. The van der Waals surface area contributed by atoms with E-state index in [1.165, 1.54) is 0 Å². The Morgan fingerprint density at radius 1 is 1.12 bits per heavy atom. The lowest BCUT2D eigenvalue weighted by Gasteiger charge is -2.26. The summed E-state index contributed by atoms with van der Waals surface area (Å²) in [5.74, 6) is 0.0232. The number of H-pyrrole nitrogens is 1. The van der Waals surface area contributed by atoms with Gasteiger partial charge in [0.2, 0.25) is 0 Å². The van der Waals surface area contributed by atoms with E-state index < -0.39 is 0 Å². The molecule has 5 heteroatoms. The monoisotopic (exact) mass is 365 g/mol. The number of carbonyl (C=O) groups is 1. The van der Waals surface area contributed by atoms with Crippen molar-refractivity contribution in [1.29, 1.82) is 0 Å². The highest BCUT2D eigenvalue weighted by Gasteiger charge is 2.41. The Hall–Kier alpha value is -2.59. The maximum absolute atomic E-state index is 13.0. The summed E-state index contributed by atoms with van der Waals surface area (Å²) in [7, 11) is 0. The molecule has 1 atom stereocenters. The molecule has 0 fully saturated rings. The van der Waals surface area contributed by atoms with Gasteiger partial charge in [-0.15, -0.1) is 0 Å². The molecular formula is C21H20ClN3O. The van der Waals surface area contributed by atoms with E-state index >= 15 is 0 Å². The molecule has 1 aliphatic rings. The number of carbonyl (C=O) groups excluding carboxylic acids is 1. The van der Waals surface area contributed by atoms with Gasteiger partial charge in [0.05, 0.1) is 11.7 Å². The van der Waals surface area contributed by atoms with Crippen molar-refractivity contribution >= 4 is 17.5 Å². The first-order chi connectivity index (χ1) is 12.7. The number of rotatable bonds is 5. The number of amides is 1. The molecule has 2 heterocycles. The van der Waals surface area contributed by atoms with E-state index in [1.807, 2.05) is 47.4 Å². The Labute approximate surface area is 157 Å². The SMILES string of the molecule is CCCCN1C(=O)c2[nH]nc(-c3ccc(Cl)cc3)c2C1c1ccccc1. The Kier molecular flexibility index (Phi) is 4.51. The fourth-order valence-electron chi connectivity index (χ4n) is 3.57. The van der Waals surface area contributed by atoms with Crippen LogP contribution in [0.15, 0.2) is 54.6 Å². The smallest absolute Gasteiger partial charge is 0.273 e. The fraction of sp³-hybridized carbons (Fsp3) is 0.238. The van der Waals surface area contributed by atoms with Crippen LogP contribution in [-0.4, -0.2) is 27.5 Å². The van der Waals surface area contributed by atoms with Crippen LogP contribution < -0.4 is 0 Å². The van der Waals surface area contributed by atoms with E-state index in [4.69, 9.17) is 11.6 Å². The minimum atomic E-state index is -0.116. The summed E-state index contributed by atoms with van der Waals surface area (Å²) < 4.78 is 0. The lowest BCUT2D eigenvalue weighted by molar-refractivity contribution is 0.0741. The number of benzene rings is 2. The van der Waals surface area contributed by atoms with Crippen molar-refractivity contribution in [1.82, 2.24) is 15.1 Å². The number of fused-ring (bicyclic) bond motifs is 1. The number of aromatic amines is 1. The molecule has 1 aliphatic heterocycles. The van der Waals surface area contributed by atoms with Crippen LogP contribution in [0.1, 0.15) is 47.4 Å². The van der Waals surface area contributed by atoms with Crippen molar-refractivity contribution in [2.45, 2.75) is 25.8 Å². The van der Waals surface area contributed by atoms with Crippen molar-refractivity contribution in [3.05, 3.63) is 76.4 Å². The zero-order valence-corrected chi connectivity index (χ0v) is 15.3. The van der Waals surface area contributed by atoms with Gasteiger partial charge in [0.1, 0.15) is 5.69 Å². The zero-order valence-electron chi connectivity index (χ0n) is 14.6. The van der Waals surface area contributed by atoms with Gasteiger partial charge in [0.15, 0.2) is 0 Å². The molecule has 0 saturated heterocycles. The number of nitrogens with one attached hydrogen (secondary N) is 1. The molecule has 0 spiro atoms. The summed E-state index contributed by atoms with van der Waals surface area (Å²) in [6.45, 7) is 2.87. The van der Waals surface area contributed by atoms with E-state index in [-0.39, 0.29) is 11.9 Å². The molecule has 0 aliphatic carbocycles. The maximum Gasteiger partial charge on any atom is 0.273 e. The van der Waals surface area contributed by atoms with Crippen LogP contribution in [0.2, 0.25) is 5.02 Å². The molecule has 1 aromatic heterocycles. The predicted octanol–water partition coefficient (Wildman–Crippen LogP) is 5.08. The first kappa shape index (κ1) is 16.9. The number of halogens is 1. The molecule has 3 aromatic rings. The van der Waals surface area contributed by atoms with Gasteiger partial charge in [0, 0.05) is 22.7 Å². The normalized spacial score (nSPS) is 16.2. The second kappa shape index (κ2) is 6.96. The molecule has 2 aromatic carbocycles. The van der Waals surface area contributed by atoms with Crippen LogP contribution in [0, 0.1) is 0 Å². The van der Waals surface area contributed by atoms with Crippen LogP contribution in [0.4, 0.5) is 0 Å². The maximum atomic E-state index is 13.0. The average molecular weight is 366 g/mol. The Bertz CT molecular complexity index is 918. The highest BCUT2D eigenvalue weighted by molar-refractivity contribution is 6.30. The number of hydrogen-bond acceptors (Lipinski definition) is 2. The number of hydrogen-bond donors (Lipinski definition) is 1. The van der Waals surface area contributed by atoms with E-state index in [2.05, 4.69) is 29.3 Å². The van der Waals surface area contributed by atoms with Gasteiger partial charge in [-0.05, 0) is 24.1 Å². The number of unbranched alkanes of at least 4 members (excludes halogenated alkanes) is 1. The molecule has 1 N–H and O–H groups in total. The lowest BCUT2D eigenvalue weighted by atomic mass is 9.96. The van der Waals surface area contributed by atoms with Crippen LogP contribution >= 0.6 is 11.6 Å². The third-order valence-corrected chi connectivity index (χ3v) is 5.10. The molecule has 4 nitrogen and oxygen atoms in total. The summed E-state index contributed by atoms with van der Waals surface area (Å²) in [5, 5.41) is 8.13. The molecule has 0 bridgehead atoms. The molecular weight excluding hydrogens is 346 g/mol. The quantitative estimate of drug-likeness (QED) is 0.685. The highest BCUT2D eigenvalue weighted by atomic mass is 35.5. The third kappa shape index (κ3) is 2.80. The van der Waals surface area contributed by atoms with Crippen LogP contribution in [0.5, 0.6) is 0 Å². The first-order valence-corrected chi connectivity index (χ1v) is 9.28. The fourth-order valence-corrected chi connectivity index (χ4v) is 3.69.